The number of nitrogen functional groups attached to an aromatic ring is 1. The molecule has 0 saturated heterocycles. The summed E-state index contributed by atoms with van der Waals surface area (Å²) in [7, 11) is 0. The van der Waals surface area contributed by atoms with Gasteiger partial charge in [-0.3, -0.25) is 0 Å². The molecule has 0 spiro atoms. The zero-order valence-electron chi connectivity index (χ0n) is 11.5. The van der Waals surface area contributed by atoms with Gasteiger partial charge in [0.05, 0.1) is 12.2 Å². The molecule has 1 unspecified atom stereocenters. The number of rotatable bonds is 3. The van der Waals surface area contributed by atoms with Gasteiger partial charge in [-0.15, -0.1) is 5.10 Å². The van der Waals surface area contributed by atoms with Gasteiger partial charge in [0.25, 0.3) is 0 Å². The molecule has 1 fully saturated rings. The van der Waals surface area contributed by atoms with E-state index in [1.54, 1.807) is 0 Å². The molecule has 2 aromatic rings. The van der Waals surface area contributed by atoms with E-state index < -0.39 is 0 Å². The fraction of sp³-hybridized carbons (Fsp3) is 0.467. The Morgan fingerprint density at radius 2 is 2.25 bits per heavy atom. The number of aryl methyl sites for hydroxylation is 1. The topological polar surface area (TPSA) is 66.0 Å². The molecular weight excluding hydrogens is 252 g/mol. The molecule has 1 aromatic heterocycles. The zero-order chi connectivity index (χ0) is 13.7. The van der Waals surface area contributed by atoms with Crippen LogP contribution in [-0.4, -0.2) is 21.1 Å². The maximum Gasteiger partial charge on any atom is 0.169 e. The van der Waals surface area contributed by atoms with Gasteiger partial charge in [0, 0.05) is 12.3 Å². The van der Waals surface area contributed by atoms with Crippen LogP contribution in [0.15, 0.2) is 18.2 Å². The molecule has 1 atom stereocenters. The van der Waals surface area contributed by atoms with Crippen molar-refractivity contribution in [3.63, 3.8) is 0 Å². The standard InChI is InChI=1S/C15H18N4O/c1-9-2-5-13-11(6-9)7-12(20-13)8-19-14(10-3-4-10)15(16)17-18-19/h2,5-6,10,12H,3-4,7-8,16H2,1H3. The first-order valence-corrected chi connectivity index (χ1v) is 7.16. The lowest BCUT2D eigenvalue weighted by molar-refractivity contribution is 0.200. The Morgan fingerprint density at radius 1 is 1.40 bits per heavy atom. The second kappa shape index (κ2) is 4.23. The highest BCUT2D eigenvalue weighted by atomic mass is 16.5. The minimum Gasteiger partial charge on any atom is -0.488 e. The van der Waals surface area contributed by atoms with Gasteiger partial charge in [0.2, 0.25) is 0 Å². The van der Waals surface area contributed by atoms with E-state index >= 15 is 0 Å². The van der Waals surface area contributed by atoms with Crippen LogP contribution in [0.3, 0.4) is 0 Å². The molecule has 0 bridgehead atoms. The summed E-state index contributed by atoms with van der Waals surface area (Å²) in [6.45, 7) is 2.83. The van der Waals surface area contributed by atoms with Crippen molar-refractivity contribution in [1.29, 1.82) is 0 Å². The first-order chi connectivity index (χ1) is 9.70. The van der Waals surface area contributed by atoms with Gasteiger partial charge in [-0.05, 0) is 31.4 Å². The first-order valence-electron chi connectivity index (χ1n) is 7.16. The summed E-state index contributed by atoms with van der Waals surface area (Å²) in [4.78, 5) is 0. The van der Waals surface area contributed by atoms with E-state index in [0.717, 1.165) is 24.4 Å². The van der Waals surface area contributed by atoms with Crippen LogP contribution < -0.4 is 10.5 Å². The van der Waals surface area contributed by atoms with Gasteiger partial charge in [-0.1, -0.05) is 22.9 Å². The number of ether oxygens (including phenoxy) is 1. The first kappa shape index (κ1) is 11.8. The molecule has 1 saturated carbocycles. The number of anilines is 1. The van der Waals surface area contributed by atoms with Crippen molar-refractivity contribution in [1.82, 2.24) is 15.0 Å². The molecule has 104 valence electrons. The molecule has 2 N–H and O–H groups in total. The zero-order valence-corrected chi connectivity index (χ0v) is 11.5. The van der Waals surface area contributed by atoms with Crippen LogP contribution >= 0.6 is 0 Å². The number of aromatic nitrogens is 3. The van der Waals surface area contributed by atoms with Crippen molar-refractivity contribution in [3.8, 4) is 5.75 Å². The summed E-state index contributed by atoms with van der Waals surface area (Å²) in [6, 6.07) is 6.35. The normalized spacial score (nSPS) is 20.8. The van der Waals surface area contributed by atoms with Crippen molar-refractivity contribution in [2.24, 2.45) is 0 Å². The van der Waals surface area contributed by atoms with E-state index in [-0.39, 0.29) is 6.10 Å². The summed E-state index contributed by atoms with van der Waals surface area (Å²) >= 11 is 0. The third kappa shape index (κ3) is 1.94. The van der Waals surface area contributed by atoms with Crippen LogP contribution in [0.1, 0.15) is 35.6 Å². The molecule has 2 heterocycles. The Morgan fingerprint density at radius 3 is 3.05 bits per heavy atom. The highest BCUT2D eigenvalue weighted by Gasteiger charge is 2.32. The van der Waals surface area contributed by atoms with Crippen molar-refractivity contribution in [2.75, 3.05) is 5.73 Å². The van der Waals surface area contributed by atoms with Crippen LogP contribution in [-0.2, 0) is 13.0 Å². The number of nitrogens with two attached hydrogens (primary N) is 1. The van der Waals surface area contributed by atoms with Crippen LogP contribution in [0, 0.1) is 6.92 Å². The average molecular weight is 270 g/mol. The molecule has 5 heteroatoms. The molecule has 1 aromatic carbocycles. The van der Waals surface area contributed by atoms with Gasteiger partial charge in [0.15, 0.2) is 5.82 Å². The third-order valence-corrected chi connectivity index (χ3v) is 4.10. The fourth-order valence-electron chi connectivity index (χ4n) is 2.99. The smallest absolute Gasteiger partial charge is 0.169 e. The van der Waals surface area contributed by atoms with Crippen LogP contribution in [0.5, 0.6) is 5.75 Å². The highest BCUT2D eigenvalue weighted by molar-refractivity contribution is 5.41. The Balaban J connectivity index is 1.54. The summed E-state index contributed by atoms with van der Waals surface area (Å²) in [5.74, 6) is 2.14. The molecule has 20 heavy (non-hydrogen) atoms. The van der Waals surface area contributed by atoms with Gasteiger partial charge in [-0.2, -0.15) is 0 Å². The van der Waals surface area contributed by atoms with Gasteiger partial charge in [0.1, 0.15) is 11.9 Å². The van der Waals surface area contributed by atoms with E-state index in [2.05, 4.69) is 35.4 Å². The third-order valence-electron chi connectivity index (χ3n) is 4.10. The Bertz CT molecular complexity index is 660. The highest BCUT2D eigenvalue weighted by Crippen LogP contribution is 2.42. The van der Waals surface area contributed by atoms with Crippen LogP contribution in [0.2, 0.25) is 0 Å². The quantitative estimate of drug-likeness (QED) is 0.927. The maximum absolute atomic E-state index is 6.00. The molecule has 4 rings (SSSR count). The van der Waals surface area contributed by atoms with E-state index in [1.807, 2.05) is 4.68 Å². The predicted molar refractivity (Wildman–Crippen MR) is 75.7 cm³/mol. The molecular formula is C15H18N4O. The summed E-state index contributed by atoms with van der Waals surface area (Å²) in [6.07, 6.45) is 3.46. The Labute approximate surface area is 117 Å². The van der Waals surface area contributed by atoms with Crippen LogP contribution in [0.25, 0.3) is 0 Å². The molecule has 5 nitrogen and oxygen atoms in total. The number of benzene rings is 1. The van der Waals surface area contributed by atoms with Crippen molar-refractivity contribution in [2.45, 2.75) is 44.8 Å². The monoisotopic (exact) mass is 270 g/mol. The van der Waals surface area contributed by atoms with Gasteiger partial charge >= 0.3 is 0 Å². The Hall–Kier alpha value is -2.04. The minimum atomic E-state index is 0.130. The van der Waals surface area contributed by atoms with E-state index in [1.165, 1.54) is 24.0 Å². The number of hydrogen-bond acceptors (Lipinski definition) is 4. The lowest BCUT2D eigenvalue weighted by Gasteiger charge is -2.12. The summed E-state index contributed by atoms with van der Waals surface area (Å²) in [5.41, 5.74) is 9.59. The average Bonchev–Trinajstić information content (AvgIpc) is 3.07. The summed E-state index contributed by atoms with van der Waals surface area (Å²) in [5, 5.41) is 8.20. The lowest BCUT2D eigenvalue weighted by atomic mass is 10.1. The number of nitrogens with zero attached hydrogens (tertiary/aromatic N) is 3. The molecule has 1 aliphatic carbocycles. The second-order valence-corrected chi connectivity index (χ2v) is 5.87. The van der Waals surface area contributed by atoms with Crippen molar-refractivity contribution >= 4 is 5.82 Å². The van der Waals surface area contributed by atoms with Crippen LogP contribution in [0.4, 0.5) is 5.82 Å². The fourth-order valence-corrected chi connectivity index (χ4v) is 2.99. The molecule has 0 amide bonds. The molecule has 1 aliphatic heterocycles. The second-order valence-electron chi connectivity index (χ2n) is 5.87. The minimum absolute atomic E-state index is 0.130. The maximum atomic E-state index is 6.00. The van der Waals surface area contributed by atoms with Crippen molar-refractivity contribution in [3.05, 3.63) is 35.0 Å². The largest absolute Gasteiger partial charge is 0.488 e. The van der Waals surface area contributed by atoms with E-state index in [4.69, 9.17) is 10.5 Å². The molecule has 2 aliphatic rings. The van der Waals surface area contributed by atoms with E-state index in [9.17, 15) is 0 Å². The summed E-state index contributed by atoms with van der Waals surface area (Å²) < 4.78 is 7.94. The molecule has 0 radical (unpaired) electrons. The Kier molecular flexibility index (Phi) is 2.49. The number of fused-ring (bicyclic) bond motifs is 1. The SMILES string of the molecule is Cc1ccc2c(c1)CC(Cn1nnc(N)c1C1CC1)O2. The number of hydrogen-bond donors (Lipinski definition) is 1. The predicted octanol–water partition coefficient (Wildman–Crippen LogP) is 2.05. The van der Waals surface area contributed by atoms with Gasteiger partial charge in [-0.25, -0.2) is 4.68 Å². The lowest BCUT2D eigenvalue weighted by Crippen LogP contribution is -2.23. The van der Waals surface area contributed by atoms with Gasteiger partial charge < -0.3 is 10.5 Å². The van der Waals surface area contributed by atoms with E-state index in [0.29, 0.717) is 11.7 Å². The van der Waals surface area contributed by atoms with Crippen molar-refractivity contribution < 1.29 is 4.74 Å².